The Morgan fingerprint density at radius 1 is 1.33 bits per heavy atom. The lowest BCUT2D eigenvalue weighted by atomic mass is 10.0. The van der Waals surface area contributed by atoms with Crippen molar-refractivity contribution in [3.05, 3.63) is 35.6 Å². The summed E-state index contributed by atoms with van der Waals surface area (Å²) in [7, 11) is 0. The van der Waals surface area contributed by atoms with Gasteiger partial charge in [0.15, 0.2) is 0 Å². The van der Waals surface area contributed by atoms with Crippen LogP contribution >= 0.6 is 0 Å². The van der Waals surface area contributed by atoms with E-state index in [-0.39, 0.29) is 12.0 Å². The standard InChI is InChI=1S/C19H26FN3O4/c1-19(2,3)27-18(26)22-14(11-12-7-4-5-8-13(12)20)17(25)23-10-6-9-15(23)16(21)24/h4-5,7-8,14-15H,6,9-11H2,1-3H3,(H2,21,24)(H,22,26)/t14?,15-/m0/s1. The minimum atomic E-state index is -1.07. The number of carbonyl (C=O) groups is 3. The molecule has 1 saturated heterocycles. The maximum absolute atomic E-state index is 14.1. The van der Waals surface area contributed by atoms with E-state index in [0.29, 0.717) is 19.4 Å². The number of nitrogens with two attached hydrogens (primary N) is 1. The number of primary amides is 1. The summed E-state index contributed by atoms with van der Waals surface area (Å²) in [6.45, 7) is 5.45. The van der Waals surface area contributed by atoms with Gasteiger partial charge >= 0.3 is 6.09 Å². The summed E-state index contributed by atoms with van der Waals surface area (Å²) in [5, 5.41) is 2.51. The highest BCUT2D eigenvalue weighted by Crippen LogP contribution is 2.20. The number of carbonyl (C=O) groups excluding carboxylic acids is 3. The number of nitrogens with one attached hydrogen (secondary N) is 1. The van der Waals surface area contributed by atoms with Gasteiger partial charge in [0.05, 0.1) is 0 Å². The van der Waals surface area contributed by atoms with Crippen molar-refractivity contribution in [2.45, 2.75) is 57.7 Å². The van der Waals surface area contributed by atoms with E-state index >= 15 is 0 Å². The maximum atomic E-state index is 14.1. The summed E-state index contributed by atoms with van der Waals surface area (Å²) < 4.78 is 19.3. The fourth-order valence-electron chi connectivity index (χ4n) is 3.06. The molecule has 148 valence electrons. The van der Waals surface area contributed by atoms with Crippen LogP contribution in [0.3, 0.4) is 0 Å². The molecule has 8 heteroatoms. The number of hydrogen-bond acceptors (Lipinski definition) is 4. The normalized spacial score (nSPS) is 18.1. The van der Waals surface area contributed by atoms with Crippen LogP contribution in [0.1, 0.15) is 39.2 Å². The molecular formula is C19H26FN3O4. The molecule has 0 spiro atoms. The molecule has 0 radical (unpaired) electrons. The SMILES string of the molecule is CC(C)(C)OC(=O)NC(Cc1ccccc1F)C(=O)N1CCC[C@H]1C(N)=O. The summed E-state index contributed by atoms with van der Waals surface area (Å²) in [6.07, 6.45) is 0.261. The molecule has 0 aromatic heterocycles. The molecular weight excluding hydrogens is 353 g/mol. The Balaban J connectivity index is 2.23. The third kappa shape index (κ3) is 5.67. The topological polar surface area (TPSA) is 102 Å². The van der Waals surface area contributed by atoms with E-state index < -0.39 is 41.4 Å². The van der Waals surface area contributed by atoms with Crippen molar-refractivity contribution in [3.63, 3.8) is 0 Å². The number of amides is 3. The van der Waals surface area contributed by atoms with Gasteiger partial charge in [-0.25, -0.2) is 9.18 Å². The first-order valence-electron chi connectivity index (χ1n) is 8.91. The summed E-state index contributed by atoms with van der Waals surface area (Å²) in [4.78, 5) is 38.2. The van der Waals surface area contributed by atoms with Crippen LogP contribution in [-0.4, -0.2) is 47.0 Å². The second kappa shape index (κ2) is 8.37. The lowest BCUT2D eigenvalue weighted by Gasteiger charge is -2.29. The van der Waals surface area contributed by atoms with Gasteiger partial charge in [0.1, 0.15) is 23.5 Å². The molecule has 7 nitrogen and oxygen atoms in total. The monoisotopic (exact) mass is 379 g/mol. The van der Waals surface area contributed by atoms with E-state index in [1.165, 1.54) is 11.0 Å². The Labute approximate surface area is 158 Å². The van der Waals surface area contributed by atoms with E-state index in [1.807, 2.05) is 0 Å². The van der Waals surface area contributed by atoms with Gasteiger partial charge in [-0.3, -0.25) is 9.59 Å². The second-order valence-electron chi connectivity index (χ2n) is 7.59. The van der Waals surface area contributed by atoms with E-state index in [4.69, 9.17) is 10.5 Å². The van der Waals surface area contributed by atoms with Crippen molar-refractivity contribution < 1.29 is 23.5 Å². The van der Waals surface area contributed by atoms with Crippen molar-refractivity contribution >= 4 is 17.9 Å². The third-order valence-electron chi connectivity index (χ3n) is 4.24. The number of rotatable bonds is 5. The molecule has 1 aliphatic rings. The molecule has 0 bridgehead atoms. The molecule has 1 fully saturated rings. The van der Waals surface area contributed by atoms with Gasteiger partial charge in [0.25, 0.3) is 0 Å². The Kier molecular flexibility index (Phi) is 6.41. The number of alkyl carbamates (subject to hydrolysis) is 1. The molecule has 1 aromatic rings. The quantitative estimate of drug-likeness (QED) is 0.813. The van der Waals surface area contributed by atoms with Crippen molar-refractivity contribution in [2.75, 3.05) is 6.54 Å². The first-order chi connectivity index (χ1) is 12.6. The third-order valence-corrected chi connectivity index (χ3v) is 4.24. The summed E-state index contributed by atoms with van der Waals surface area (Å²) in [5.41, 5.74) is 4.91. The van der Waals surface area contributed by atoms with Crippen molar-refractivity contribution in [3.8, 4) is 0 Å². The zero-order chi connectivity index (χ0) is 20.2. The van der Waals surface area contributed by atoms with Crippen molar-refractivity contribution in [1.29, 1.82) is 0 Å². The zero-order valence-electron chi connectivity index (χ0n) is 15.8. The van der Waals surface area contributed by atoms with Gasteiger partial charge < -0.3 is 20.7 Å². The van der Waals surface area contributed by atoms with Crippen LogP contribution in [0.15, 0.2) is 24.3 Å². The van der Waals surface area contributed by atoms with Gasteiger partial charge in [0.2, 0.25) is 11.8 Å². The van der Waals surface area contributed by atoms with Gasteiger partial charge in [-0.1, -0.05) is 18.2 Å². The molecule has 2 rings (SSSR count). The second-order valence-corrected chi connectivity index (χ2v) is 7.59. The smallest absolute Gasteiger partial charge is 0.408 e. The molecule has 0 saturated carbocycles. The Hall–Kier alpha value is -2.64. The number of halogens is 1. The highest BCUT2D eigenvalue weighted by Gasteiger charge is 2.37. The molecule has 1 aromatic carbocycles. The predicted octanol–water partition coefficient (Wildman–Crippen LogP) is 1.74. The van der Waals surface area contributed by atoms with Crippen LogP contribution in [0.5, 0.6) is 0 Å². The molecule has 27 heavy (non-hydrogen) atoms. The number of hydrogen-bond donors (Lipinski definition) is 2. The van der Waals surface area contributed by atoms with Gasteiger partial charge in [-0.15, -0.1) is 0 Å². The lowest BCUT2D eigenvalue weighted by Crippen LogP contribution is -2.54. The van der Waals surface area contributed by atoms with E-state index in [2.05, 4.69) is 5.32 Å². The average molecular weight is 379 g/mol. The van der Waals surface area contributed by atoms with E-state index in [9.17, 15) is 18.8 Å². The number of nitrogens with zero attached hydrogens (tertiary/aromatic N) is 1. The predicted molar refractivity (Wildman–Crippen MR) is 97.2 cm³/mol. The molecule has 0 aliphatic carbocycles. The maximum Gasteiger partial charge on any atom is 0.408 e. The molecule has 3 N–H and O–H groups in total. The first kappa shape index (κ1) is 20.7. The number of ether oxygens (including phenoxy) is 1. The molecule has 1 aliphatic heterocycles. The number of benzene rings is 1. The fourth-order valence-corrected chi connectivity index (χ4v) is 3.06. The Morgan fingerprint density at radius 3 is 2.59 bits per heavy atom. The summed E-state index contributed by atoms with van der Waals surface area (Å²) >= 11 is 0. The van der Waals surface area contributed by atoms with E-state index in [1.54, 1.807) is 39.0 Å². The van der Waals surface area contributed by atoms with Crippen LogP contribution in [0.25, 0.3) is 0 Å². The summed E-state index contributed by atoms with van der Waals surface area (Å²) in [5.74, 6) is -1.55. The van der Waals surface area contributed by atoms with Crippen LogP contribution in [0.4, 0.5) is 9.18 Å². The van der Waals surface area contributed by atoms with Gasteiger partial charge in [-0.05, 0) is 45.2 Å². The van der Waals surface area contributed by atoms with Gasteiger partial charge in [0, 0.05) is 13.0 Å². The minimum Gasteiger partial charge on any atom is -0.444 e. The molecule has 1 unspecified atom stereocenters. The zero-order valence-corrected chi connectivity index (χ0v) is 15.8. The first-order valence-corrected chi connectivity index (χ1v) is 8.91. The van der Waals surface area contributed by atoms with Crippen LogP contribution in [0, 0.1) is 5.82 Å². The van der Waals surface area contributed by atoms with Crippen molar-refractivity contribution in [1.82, 2.24) is 10.2 Å². The van der Waals surface area contributed by atoms with Crippen LogP contribution in [-0.2, 0) is 20.7 Å². The molecule has 1 heterocycles. The minimum absolute atomic E-state index is 0.0628. The van der Waals surface area contributed by atoms with Crippen molar-refractivity contribution in [2.24, 2.45) is 5.73 Å². The number of likely N-dealkylation sites (tertiary alicyclic amines) is 1. The largest absolute Gasteiger partial charge is 0.444 e. The highest BCUT2D eigenvalue weighted by atomic mass is 19.1. The fraction of sp³-hybridized carbons (Fsp3) is 0.526. The average Bonchev–Trinajstić information content (AvgIpc) is 3.03. The highest BCUT2D eigenvalue weighted by molar-refractivity contribution is 5.91. The van der Waals surface area contributed by atoms with E-state index in [0.717, 1.165) is 0 Å². The van der Waals surface area contributed by atoms with Crippen LogP contribution < -0.4 is 11.1 Å². The van der Waals surface area contributed by atoms with Crippen LogP contribution in [0.2, 0.25) is 0 Å². The molecule has 2 atom stereocenters. The Bertz CT molecular complexity index is 717. The van der Waals surface area contributed by atoms with Gasteiger partial charge in [-0.2, -0.15) is 0 Å². The lowest BCUT2D eigenvalue weighted by molar-refractivity contribution is -0.139. The molecule has 3 amide bonds. The Morgan fingerprint density at radius 2 is 2.00 bits per heavy atom. The summed E-state index contributed by atoms with van der Waals surface area (Å²) in [6, 6.07) is 4.22.